The average Bonchev–Trinajstić information content (AvgIpc) is 3.23. The van der Waals surface area contributed by atoms with Crippen molar-refractivity contribution in [3.05, 3.63) is 0 Å². The molecule has 1 saturated heterocycles. The number of fused-ring (bicyclic) bond motifs is 6. The van der Waals surface area contributed by atoms with Gasteiger partial charge in [-0.1, -0.05) is 53.9 Å². The molecule has 0 aromatic rings. The molecule has 5 aliphatic rings. The van der Waals surface area contributed by atoms with Crippen LogP contribution in [0, 0.1) is 52.3 Å². The molecule has 0 aromatic carbocycles. The summed E-state index contributed by atoms with van der Waals surface area (Å²) in [4.78, 5) is 11.7. The molecule has 3 heteroatoms. The maximum atomic E-state index is 11.7. The van der Waals surface area contributed by atoms with Crippen LogP contribution < -0.4 is 0 Å². The van der Waals surface area contributed by atoms with Crippen LogP contribution >= 0.6 is 0 Å². The average molecular weight is 445 g/mol. The van der Waals surface area contributed by atoms with E-state index in [1.807, 2.05) is 0 Å². The fourth-order valence-corrected chi connectivity index (χ4v) is 9.91. The molecule has 0 spiro atoms. The van der Waals surface area contributed by atoms with Gasteiger partial charge in [-0.2, -0.15) is 0 Å². The van der Waals surface area contributed by atoms with Gasteiger partial charge in [0, 0.05) is 13.3 Å². The predicted molar refractivity (Wildman–Crippen MR) is 128 cm³/mol. The minimum Gasteiger partial charge on any atom is -0.430 e. The third-order valence-corrected chi connectivity index (χ3v) is 11.5. The van der Waals surface area contributed by atoms with Crippen LogP contribution in [0.5, 0.6) is 0 Å². The molecule has 32 heavy (non-hydrogen) atoms. The summed E-state index contributed by atoms with van der Waals surface area (Å²) in [6.07, 6.45) is 14.9. The Balaban J connectivity index is 1.28. The van der Waals surface area contributed by atoms with Crippen molar-refractivity contribution in [1.82, 2.24) is 0 Å². The second-order valence-corrected chi connectivity index (χ2v) is 13.6. The molecule has 182 valence electrons. The van der Waals surface area contributed by atoms with Gasteiger partial charge in [-0.15, -0.1) is 0 Å². The van der Waals surface area contributed by atoms with Crippen molar-refractivity contribution < 1.29 is 14.3 Å². The minimum atomic E-state index is -0.560. The lowest BCUT2D eigenvalue weighted by molar-refractivity contribution is -0.168. The zero-order valence-electron chi connectivity index (χ0n) is 21.6. The molecule has 3 nitrogen and oxygen atoms in total. The molecule has 0 unspecified atom stereocenters. The molecular weight excluding hydrogens is 396 g/mol. The van der Waals surface area contributed by atoms with Crippen LogP contribution in [0.1, 0.15) is 112 Å². The summed E-state index contributed by atoms with van der Waals surface area (Å²) in [5.41, 5.74) is 0.934. The van der Waals surface area contributed by atoms with Crippen LogP contribution in [0.2, 0.25) is 0 Å². The van der Waals surface area contributed by atoms with E-state index in [2.05, 4.69) is 34.6 Å². The van der Waals surface area contributed by atoms with Crippen molar-refractivity contribution in [3.63, 3.8) is 0 Å². The van der Waals surface area contributed by atoms with Gasteiger partial charge in [0.1, 0.15) is 6.10 Å². The highest BCUT2D eigenvalue weighted by Crippen LogP contribution is 2.71. The summed E-state index contributed by atoms with van der Waals surface area (Å²) < 4.78 is 11.8. The molecule has 0 aromatic heterocycles. The Morgan fingerprint density at radius 3 is 2.44 bits per heavy atom. The number of rotatable bonds is 6. The standard InChI is InChI=1S/C29H48O3/c1-18(2)8-7-9-19(3)23-12-13-24-22-11-10-21-16-29(31-20(4)30)26(32-29)17-28(21,6)25(22)14-15-27(23,24)5/h18-19,21-26H,7-17H2,1-6H3/t19-,21-,22-,23+,24-,25-,26+,27+,28-,29+/m0/s1. The van der Waals surface area contributed by atoms with Crippen molar-refractivity contribution in [2.45, 2.75) is 124 Å². The molecule has 1 aliphatic heterocycles. The molecular formula is C29H48O3. The lowest BCUT2D eigenvalue weighted by Crippen LogP contribution is -2.55. The molecule has 0 N–H and O–H groups in total. The lowest BCUT2D eigenvalue weighted by Gasteiger charge is -2.60. The molecule has 0 bridgehead atoms. The van der Waals surface area contributed by atoms with E-state index in [0.717, 1.165) is 48.3 Å². The van der Waals surface area contributed by atoms with Gasteiger partial charge in [-0.05, 0) is 97.2 Å². The van der Waals surface area contributed by atoms with Crippen LogP contribution in [0.4, 0.5) is 0 Å². The lowest BCUT2D eigenvalue weighted by atomic mass is 9.44. The zero-order chi connectivity index (χ0) is 22.9. The van der Waals surface area contributed by atoms with Crippen molar-refractivity contribution in [2.75, 3.05) is 0 Å². The Bertz CT molecular complexity index is 732. The number of ether oxygens (including phenoxy) is 2. The monoisotopic (exact) mass is 444 g/mol. The molecule has 5 rings (SSSR count). The fraction of sp³-hybridized carbons (Fsp3) is 0.966. The van der Waals surface area contributed by atoms with Gasteiger partial charge in [-0.25, -0.2) is 0 Å². The van der Waals surface area contributed by atoms with Crippen LogP contribution in [0.15, 0.2) is 0 Å². The first-order valence-corrected chi connectivity index (χ1v) is 14.0. The van der Waals surface area contributed by atoms with Crippen molar-refractivity contribution >= 4 is 5.97 Å². The summed E-state index contributed by atoms with van der Waals surface area (Å²) >= 11 is 0. The van der Waals surface area contributed by atoms with E-state index in [1.165, 1.54) is 64.7 Å². The smallest absolute Gasteiger partial charge is 0.305 e. The van der Waals surface area contributed by atoms with Gasteiger partial charge in [0.2, 0.25) is 5.79 Å². The van der Waals surface area contributed by atoms with E-state index in [-0.39, 0.29) is 12.1 Å². The fourth-order valence-electron chi connectivity index (χ4n) is 9.91. The second-order valence-electron chi connectivity index (χ2n) is 13.6. The third-order valence-electron chi connectivity index (χ3n) is 11.5. The summed E-state index contributed by atoms with van der Waals surface area (Å²) in [6, 6.07) is 0. The Labute approximate surface area is 196 Å². The number of carbonyl (C=O) groups excluding carboxylic acids is 1. The normalized spacial score (nSPS) is 50.1. The minimum absolute atomic E-state index is 0.150. The third kappa shape index (κ3) is 3.59. The predicted octanol–water partition coefficient (Wildman–Crippen LogP) is 7.38. The first-order chi connectivity index (χ1) is 15.1. The quantitative estimate of drug-likeness (QED) is 0.317. The molecule has 5 fully saturated rings. The summed E-state index contributed by atoms with van der Waals surface area (Å²) in [6.45, 7) is 14.1. The van der Waals surface area contributed by atoms with E-state index in [9.17, 15) is 4.79 Å². The molecule has 10 atom stereocenters. The molecule has 0 radical (unpaired) electrons. The van der Waals surface area contributed by atoms with E-state index >= 15 is 0 Å². The maximum absolute atomic E-state index is 11.7. The van der Waals surface area contributed by atoms with E-state index in [0.29, 0.717) is 16.7 Å². The Hall–Kier alpha value is -0.570. The first-order valence-electron chi connectivity index (χ1n) is 14.0. The number of esters is 1. The SMILES string of the molecule is CC(=O)O[C@@]12C[C@@H]3CC[C@@H]4[C@H](CC[C@]5(C)[C@@H]([C@@H](C)CCCC(C)C)CC[C@@H]45)[C@@]3(C)C[C@H]1O2. The van der Waals surface area contributed by atoms with Crippen LogP contribution in [0.3, 0.4) is 0 Å². The number of epoxide rings is 1. The molecule has 1 heterocycles. The molecule has 4 saturated carbocycles. The van der Waals surface area contributed by atoms with Gasteiger partial charge in [-0.3, -0.25) is 4.79 Å². The van der Waals surface area contributed by atoms with Crippen LogP contribution in [-0.4, -0.2) is 17.9 Å². The number of hydrogen-bond acceptors (Lipinski definition) is 3. The molecule has 0 amide bonds. The highest BCUT2D eigenvalue weighted by Gasteiger charge is 2.71. The topological polar surface area (TPSA) is 38.8 Å². The Morgan fingerprint density at radius 1 is 0.969 bits per heavy atom. The van der Waals surface area contributed by atoms with Crippen molar-refractivity contribution in [1.29, 1.82) is 0 Å². The highest BCUT2D eigenvalue weighted by atomic mass is 16.8. The number of carbonyl (C=O) groups is 1. The second kappa shape index (κ2) is 7.99. The van der Waals surface area contributed by atoms with E-state index in [4.69, 9.17) is 9.47 Å². The van der Waals surface area contributed by atoms with Gasteiger partial charge < -0.3 is 9.47 Å². The zero-order valence-corrected chi connectivity index (χ0v) is 21.6. The van der Waals surface area contributed by atoms with Crippen molar-refractivity contribution in [2.24, 2.45) is 52.3 Å². The van der Waals surface area contributed by atoms with Gasteiger partial charge in [0.25, 0.3) is 0 Å². The van der Waals surface area contributed by atoms with Gasteiger partial charge >= 0.3 is 5.97 Å². The van der Waals surface area contributed by atoms with Crippen molar-refractivity contribution in [3.8, 4) is 0 Å². The van der Waals surface area contributed by atoms with Crippen LogP contribution in [-0.2, 0) is 14.3 Å². The summed E-state index contributed by atoms with van der Waals surface area (Å²) in [5, 5.41) is 0. The number of hydrogen-bond donors (Lipinski definition) is 0. The summed E-state index contributed by atoms with van der Waals surface area (Å²) in [5.74, 6) is 5.23. The summed E-state index contributed by atoms with van der Waals surface area (Å²) in [7, 11) is 0. The van der Waals surface area contributed by atoms with Gasteiger partial charge in [0.15, 0.2) is 0 Å². The maximum Gasteiger partial charge on any atom is 0.305 e. The van der Waals surface area contributed by atoms with E-state index < -0.39 is 5.79 Å². The Kier molecular flexibility index (Phi) is 5.79. The van der Waals surface area contributed by atoms with E-state index in [1.54, 1.807) is 0 Å². The van der Waals surface area contributed by atoms with Crippen LogP contribution in [0.25, 0.3) is 0 Å². The Morgan fingerprint density at radius 2 is 1.72 bits per heavy atom. The largest absolute Gasteiger partial charge is 0.430 e. The van der Waals surface area contributed by atoms with Gasteiger partial charge in [0.05, 0.1) is 0 Å². The molecule has 4 aliphatic carbocycles. The first kappa shape index (κ1) is 23.2. The highest BCUT2D eigenvalue weighted by molar-refractivity contribution is 5.66.